The lowest BCUT2D eigenvalue weighted by Gasteiger charge is -1.99. The highest BCUT2D eigenvalue weighted by molar-refractivity contribution is 5.96. The first-order valence-electron chi connectivity index (χ1n) is 3.85. The third-order valence-electron chi connectivity index (χ3n) is 1.88. The largest absolute Gasteiger partial charge is 0.493 e. The van der Waals surface area contributed by atoms with Crippen LogP contribution in [-0.4, -0.2) is 16.4 Å². The van der Waals surface area contributed by atoms with Crippen LogP contribution in [0.1, 0.15) is 10.4 Å². The Morgan fingerprint density at radius 3 is 2.85 bits per heavy atom. The Balaban J connectivity index is 2.84. The summed E-state index contributed by atoms with van der Waals surface area (Å²) in [4.78, 5) is 14.5. The molecule has 0 saturated carbocycles. The highest BCUT2D eigenvalue weighted by Gasteiger charge is 2.00. The second-order valence-electron chi connectivity index (χ2n) is 2.70. The third-order valence-corrected chi connectivity index (χ3v) is 1.88. The number of aldehydes is 1. The maximum absolute atomic E-state index is 10.6. The Morgan fingerprint density at radius 2 is 2.08 bits per heavy atom. The van der Waals surface area contributed by atoms with Crippen molar-refractivity contribution in [2.45, 2.75) is 0 Å². The number of carbonyl (C=O) groups is 1. The van der Waals surface area contributed by atoms with Crippen molar-refractivity contribution in [3.63, 3.8) is 0 Å². The number of aromatic nitrogens is 1. The van der Waals surface area contributed by atoms with Crippen LogP contribution in [0, 0.1) is 0 Å². The fourth-order valence-electron chi connectivity index (χ4n) is 1.27. The predicted octanol–water partition coefficient (Wildman–Crippen LogP) is 1.75. The molecule has 0 aliphatic heterocycles. The summed E-state index contributed by atoms with van der Waals surface area (Å²) in [7, 11) is 0. The number of nitrogens with zero attached hydrogens (tertiary/aromatic N) is 1. The quantitative estimate of drug-likeness (QED) is 0.668. The van der Waals surface area contributed by atoms with E-state index in [1.807, 2.05) is 0 Å². The van der Waals surface area contributed by atoms with Gasteiger partial charge in [0.25, 0.3) is 0 Å². The molecular weight excluding hydrogens is 166 g/mol. The van der Waals surface area contributed by atoms with Gasteiger partial charge in [-0.3, -0.25) is 4.79 Å². The molecule has 0 aliphatic rings. The molecule has 0 spiro atoms. The van der Waals surface area contributed by atoms with Crippen molar-refractivity contribution in [2.24, 2.45) is 0 Å². The summed E-state index contributed by atoms with van der Waals surface area (Å²) < 4.78 is 0. The first-order valence-corrected chi connectivity index (χ1v) is 3.85. The number of aromatic hydroxyl groups is 1. The summed E-state index contributed by atoms with van der Waals surface area (Å²) >= 11 is 0. The van der Waals surface area contributed by atoms with Gasteiger partial charge >= 0.3 is 0 Å². The van der Waals surface area contributed by atoms with Crippen molar-refractivity contribution in [1.82, 2.24) is 4.98 Å². The molecule has 0 saturated heterocycles. The Labute approximate surface area is 74.7 Å². The Kier molecular flexibility index (Phi) is 1.70. The van der Waals surface area contributed by atoms with E-state index in [2.05, 4.69) is 4.98 Å². The van der Waals surface area contributed by atoms with Crippen LogP contribution in [0.3, 0.4) is 0 Å². The van der Waals surface area contributed by atoms with E-state index >= 15 is 0 Å². The van der Waals surface area contributed by atoms with Gasteiger partial charge in [0.15, 0.2) is 6.29 Å². The first-order chi connectivity index (χ1) is 6.31. The zero-order valence-electron chi connectivity index (χ0n) is 6.77. The lowest BCUT2D eigenvalue weighted by molar-refractivity contribution is 0.112. The van der Waals surface area contributed by atoms with E-state index in [4.69, 9.17) is 5.11 Å². The number of benzene rings is 1. The van der Waals surface area contributed by atoms with Gasteiger partial charge in [-0.15, -0.1) is 0 Å². The second-order valence-corrected chi connectivity index (χ2v) is 2.70. The summed E-state index contributed by atoms with van der Waals surface area (Å²) in [5, 5.41) is 9.85. The zero-order chi connectivity index (χ0) is 9.26. The number of carbonyl (C=O) groups excluding carboxylic acids is 1. The van der Waals surface area contributed by atoms with Crippen LogP contribution in [0.25, 0.3) is 10.9 Å². The highest BCUT2D eigenvalue weighted by atomic mass is 16.3. The summed E-state index contributed by atoms with van der Waals surface area (Å²) in [6.07, 6.45) is 0.779. The van der Waals surface area contributed by atoms with Crippen LogP contribution in [0.4, 0.5) is 0 Å². The van der Waals surface area contributed by atoms with E-state index in [0.29, 0.717) is 11.1 Å². The topological polar surface area (TPSA) is 50.2 Å². The molecule has 13 heavy (non-hydrogen) atoms. The molecule has 1 N–H and O–H groups in total. The SMILES string of the molecule is O=Cc1cccc2nc(O)ccc12. The van der Waals surface area contributed by atoms with E-state index < -0.39 is 0 Å². The van der Waals surface area contributed by atoms with Crippen LogP contribution >= 0.6 is 0 Å². The van der Waals surface area contributed by atoms with Crippen LogP contribution in [0.15, 0.2) is 30.3 Å². The Hall–Kier alpha value is -1.90. The molecule has 0 amide bonds. The van der Waals surface area contributed by atoms with Gasteiger partial charge in [0.2, 0.25) is 5.88 Å². The summed E-state index contributed by atoms with van der Waals surface area (Å²) in [5.74, 6) is -0.0319. The molecule has 0 bridgehead atoms. The van der Waals surface area contributed by atoms with E-state index in [1.165, 1.54) is 6.07 Å². The minimum absolute atomic E-state index is 0.0319. The van der Waals surface area contributed by atoms with Gasteiger partial charge in [-0.2, -0.15) is 0 Å². The van der Waals surface area contributed by atoms with Crippen LogP contribution in [-0.2, 0) is 0 Å². The van der Waals surface area contributed by atoms with E-state index in [0.717, 1.165) is 11.7 Å². The predicted molar refractivity (Wildman–Crippen MR) is 48.8 cm³/mol. The van der Waals surface area contributed by atoms with Crippen molar-refractivity contribution >= 4 is 17.2 Å². The number of hydrogen-bond acceptors (Lipinski definition) is 3. The van der Waals surface area contributed by atoms with Gasteiger partial charge in [-0.05, 0) is 12.1 Å². The monoisotopic (exact) mass is 173 g/mol. The molecule has 3 heteroatoms. The Bertz CT molecular complexity index is 465. The van der Waals surface area contributed by atoms with Gasteiger partial charge < -0.3 is 5.11 Å². The maximum atomic E-state index is 10.6. The third kappa shape index (κ3) is 1.24. The average Bonchev–Trinajstić information content (AvgIpc) is 2.16. The molecule has 0 aliphatic carbocycles. The van der Waals surface area contributed by atoms with Gasteiger partial charge in [0, 0.05) is 17.0 Å². The molecule has 0 radical (unpaired) electrons. The summed E-state index contributed by atoms with van der Waals surface area (Å²) in [6.45, 7) is 0. The van der Waals surface area contributed by atoms with Crippen LogP contribution in [0.2, 0.25) is 0 Å². The first kappa shape index (κ1) is 7.73. The Morgan fingerprint density at radius 1 is 1.23 bits per heavy atom. The highest BCUT2D eigenvalue weighted by Crippen LogP contribution is 2.18. The molecule has 1 aromatic heterocycles. The number of rotatable bonds is 1. The van der Waals surface area contributed by atoms with Crippen molar-refractivity contribution < 1.29 is 9.90 Å². The van der Waals surface area contributed by atoms with Gasteiger partial charge in [0.05, 0.1) is 5.52 Å². The molecule has 64 valence electrons. The molecule has 0 atom stereocenters. The molecule has 0 unspecified atom stereocenters. The molecule has 1 aromatic carbocycles. The average molecular weight is 173 g/mol. The second kappa shape index (κ2) is 2.86. The fraction of sp³-hybridized carbons (Fsp3) is 0. The number of pyridine rings is 1. The summed E-state index contributed by atoms with van der Waals surface area (Å²) in [5.41, 5.74) is 1.22. The fourth-order valence-corrected chi connectivity index (χ4v) is 1.27. The summed E-state index contributed by atoms with van der Waals surface area (Å²) in [6, 6.07) is 8.35. The standard InChI is InChI=1S/C10H7NO2/c12-6-7-2-1-3-9-8(7)4-5-10(13)11-9/h1-6H,(H,11,13). The van der Waals surface area contributed by atoms with Crippen molar-refractivity contribution in [1.29, 1.82) is 0 Å². The van der Waals surface area contributed by atoms with E-state index in [9.17, 15) is 4.79 Å². The van der Waals surface area contributed by atoms with E-state index in [1.54, 1.807) is 24.3 Å². The van der Waals surface area contributed by atoms with Crippen molar-refractivity contribution in [2.75, 3.05) is 0 Å². The minimum atomic E-state index is -0.0319. The minimum Gasteiger partial charge on any atom is -0.493 e. The molecule has 1 heterocycles. The van der Waals surface area contributed by atoms with Crippen LogP contribution in [0.5, 0.6) is 5.88 Å². The van der Waals surface area contributed by atoms with Gasteiger partial charge in [-0.1, -0.05) is 12.1 Å². The smallest absolute Gasteiger partial charge is 0.211 e. The van der Waals surface area contributed by atoms with Crippen molar-refractivity contribution in [3.8, 4) is 5.88 Å². The molecule has 2 aromatic rings. The van der Waals surface area contributed by atoms with Crippen molar-refractivity contribution in [3.05, 3.63) is 35.9 Å². The van der Waals surface area contributed by atoms with Gasteiger partial charge in [-0.25, -0.2) is 4.98 Å². The zero-order valence-corrected chi connectivity index (χ0v) is 6.77. The number of hydrogen-bond donors (Lipinski definition) is 1. The van der Waals surface area contributed by atoms with Gasteiger partial charge in [0.1, 0.15) is 0 Å². The van der Waals surface area contributed by atoms with E-state index in [-0.39, 0.29) is 5.88 Å². The molecular formula is C10H7NO2. The maximum Gasteiger partial charge on any atom is 0.211 e. The molecule has 2 rings (SSSR count). The lowest BCUT2D eigenvalue weighted by Crippen LogP contribution is -1.85. The molecule has 0 fully saturated rings. The lowest BCUT2D eigenvalue weighted by atomic mass is 10.1. The normalized spacial score (nSPS) is 10.2. The van der Waals surface area contributed by atoms with Crippen LogP contribution < -0.4 is 0 Å². The molecule has 3 nitrogen and oxygen atoms in total. The number of fused-ring (bicyclic) bond motifs is 1.